The highest BCUT2D eigenvalue weighted by Crippen LogP contribution is 2.24. The predicted molar refractivity (Wildman–Crippen MR) is 94.6 cm³/mol. The Morgan fingerprint density at radius 1 is 1.12 bits per heavy atom. The number of hydrogen-bond donors (Lipinski definition) is 2. The minimum Gasteiger partial charge on any atom is -0.326 e. The summed E-state index contributed by atoms with van der Waals surface area (Å²) in [6, 6.07) is 14.4. The van der Waals surface area contributed by atoms with Gasteiger partial charge in [0, 0.05) is 11.7 Å². The van der Waals surface area contributed by atoms with Crippen molar-refractivity contribution in [2.24, 2.45) is 11.7 Å². The van der Waals surface area contributed by atoms with Gasteiger partial charge < -0.3 is 11.1 Å². The number of nitrogens with one attached hydrogen (secondary N) is 1. The van der Waals surface area contributed by atoms with Gasteiger partial charge in [-0.1, -0.05) is 49.4 Å². The zero-order chi connectivity index (χ0) is 17.7. The monoisotopic (exact) mass is 372 g/mol. The molecule has 0 aliphatic carbocycles. The number of amides is 1. The minimum absolute atomic E-state index is 0. The summed E-state index contributed by atoms with van der Waals surface area (Å²) >= 11 is 0. The van der Waals surface area contributed by atoms with E-state index in [1.165, 1.54) is 18.2 Å². The fourth-order valence-electron chi connectivity index (χ4n) is 2.37. The number of rotatable bonds is 5. The van der Waals surface area contributed by atoms with Gasteiger partial charge in [-0.3, -0.25) is 4.79 Å². The molecule has 0 fully saturated rings. The van der Waals surface area contributed by atoms with E-state index >= 15 is 0 Å². The minimum atomic E-state index is -4.29. The van der Waals surface area contributed by atoms with Crippen molar-refractivity contribution in [3.63, 3.8) is 0 Å². The standard InChI is InChI=1S/C18H19F3N2O.ClH/c1-12(16(22)14-7-3-2-4-8-14)17(24)23-15-9-5-6-13(10-15)11-18(19,20)21;/h2-10,12,16H,11,22H2,1H3,(H,23,24);1H. The highest BCUT2D eigenvalue weighted by Gasteiger charge is 2.28. The van der Waals surface area contributed by atoms with Crippen LogP contribution in [0.2, 0.25) is 0 Å². The third-order valence-corrected chi connectivity index (χ3v) is 3.74. The fraction of sp³-hybridized carbons (Fsp3) is 0.278. The fourth-order valence-corrected chi connectivity index (χ4v) is 2.37. The van der Waals surface area contributed by atoms with Gasteiger partial charge in [-0.25, -0.2) is 0 Å². The van der Waals surface area contributed by atoms with E-state index in [0.717, 1.165) is 5.56 Å². The first kappa shape index (κ1) is 21.0. The lowest BCUT2D eigenvalue weighted by molar-refractivity contribution is -0.127. The van der Waals surface area contributed by atoms with Gasteiger partial charge >= 0.3 is 6.18 Å². The molecule has 2 aromatic carbocycles. The Kier molecular flexibility index (Phi) is 7.45. The van der Waals surface area contributed by atoms with E-state index in [1.54, 1.807) is 13.0 Å². The van der Waals surface area contributed by atoms with Crippen molar-refractivity contribution in [1.29, 1.82) is 0 Å². The topological polar surface area (TPSA) is 55.1 Å². The average Bonchev–Trinajstić information content (AvgIpc) is 2.53. The molecule has 0 aliphatic heterocycles. The first-order chi connectivity index (χ1) is 11.3. The average molecular weight is 373 g/mol. The van der Waals surface area contributed by atoms with Crippen LogP contribution in [0.5, 0.6) is 0 Å². The van der Waals surface area contributed by atoms with Crippen LogP contribution < -0.4 is 11.1 Å². The summed E-state index contributed by atoms with van der Waals surface area (Å²) in [7, 11) is 0. The van der Waals surface area contributed by atoms with E-state index in [2.05, 4.69) is 5.32 Å². The maximum Gasteiger partial charge on any atom is 0.393 e. The maximum absolute atomic E-state index is 12.5. The Labute approximate surface area is 150 Å². The van der Waals surface area contributed by atoms with E-state index < -0.39 is 24.6 Å². The van der Waals surface area contributed by atoms with Crippen LogP contribution >= 0.6 is 12.4 Å². The molecule has 0 radical (unpaired) electrons. The van der Waals surface area contributed by atoms with Crippen LogP contribution in [0, 0.1) is 5.92 Å². The molecule has 25 heavy (non-hydrogen) atoms. The van der Waals surface area contributed by atoms with Crippen molar-refractivity contribution < 1.29 is 18.0 Å². The van der Waals surface area contributed by atoms with E-state index in [-0.39, 0.29) is 23.9 Å². The molecule has 136 valence electrons. The molecule has 0 spiro atoms. The lowest BCUT2D eigenvalue weighted by atomic mass is 9.94. The van der Waals surface area contributed by atoms with Crippen LogP contribution in [0.1, 0.15) is 24.1 Å². The Hall–Kier alpha value is -2.05. The van der Waals surface area contributed by atoms with E-state index in [1.807, 2.05) is 30.3 Å². The van der Waals surface area contributed by atoms with Gasteiger partial charge in [0.2, 0.25) is 5.91 Å². The molecular formula is C18H20ClF3N2O. The summed E-state index contributed by atoms with van der Waals surface area (Å²) in [6.45, 7) is 1.69. The number of carbonyl (C=O) groups is 1. The van der Waals surface area contributed by atoms with Gasteiger partial charge in [-0.2, -0.15) is 13.2 Å². The number of carbonyl (C=O) groups excluding carboxylic acids is 1. The maximum atomic E-state index is 12.5. The van der Waals surface area contributed by atoms with Gasteiger partial charge in [0.1, 0.15) is 0 Å². The predicted octanol–water partition coefficient (Wildman–Crippen LogP) is 4.49. The van der Waals surface area contributed by atoms with Gasteiger partial charge in [-0.15, -0.1) is 12.4 Å². The largest absolute Gasteiger partial charge is 0.393 e. The van der Waals surface area contributed by atoms with Crippen LogP contribution in [-0.2, 0) is 11.2 Å². The summed E-state index contributed by atoms with van der Waals surface area (Å²) < 4.78 is 37.4. The van der Waals surface area contributed by atoms with Crippen molar-refractivity contribution in [1.82, 2.24) is 0 Å². The Balaban J connectivity index is 0.00000312. The SMILES string of the molecule is CC(C(=O)Nc1cccc(CC(F)(F)F)c1)C(N)c1ccccc1.Cl. The van der Waals surface area contributed by atoms with Gasteiger partial charge in [0.15, 0.2) is 0 Å². The summed E-state index contributed by atoms with van der Waals surface area (Å²) in [6.07, 6.45) is -5.32. The molecule has 2 unspecified atom stereocenters. The van der Waals surface area contributed by atoms with Crippen LogP contribution in [0.4, 0.5) is 18.9 Å². The second-order valence-electron chi connectivity index (χ2n) is 5.71. The molecule has 1 amide bonds. The first-order valence-corrected chi connectivity index (χ1v) is 7.53. The summed E-state index contributed by atoms with van der Waals surface area (Å²) in [5, 5.41) is 2.63. The highest BCUT2D eigenvalue weighted by atomic mass is 35.5. The van der Waals surface area contributed by atoms with Crippen LogP contribution in [-0.4, -0.2) is 12.1 Å². The second-order valence-corrected chi connectivity index (χ2v) is 5.71. The molecule has 0 aromatic heterocycles. The molecule has 2 atom stereocenters. The molecular weight excluding hydrogens is 353 g/mol. The normalized spacial score (nSPS) is 13.5. The molecule has 7 heteroatoms. The molecule has 0 heterocycles. The van der Waals surface area contributed by atoms with Gasteiger partial charge in [0.05, 0.1) is 12.3 Å². The van der Waals surface area contributed by atoms with Gasteiger partial charge in [-0.05, 0) is 23.3 Å². The highest BCUT2D eigenvalue weighted by molar-refractivity contribution is 5.93. The Morgan fingerprint density at radius 3 is 2.36 bits per heavy atom. The van der Waals surface area contributed by atoms with Crippen molar-refractivity contribution >= 4 is 24.0 Å². The molecule has 3 nitrogen and oxygen atoms in total. The zero-order valence-corrected chi connectivity index (χ0v) is 14.4. The van der Waals surface area contributed by atoms with E-state index in [0.29, 0.717) is 5.69 Å². The molecule has 2 aromatic rings. The first-order valence-electron chi connectivity index (χ1n) is 7.53. The van der Waals surface area contributed by atoms with Crippen LogP contribution in [0.3, 0.4) is 0 Å². The molecule has 2 rings (SSSR count). The molecule has 0 saturated carbocycles. The van der Waals surface area contributed by atoms with E-state index in [9.17, 15) is 18.0 Å². The zero-order valence-electron chi connectivity index (χ0n) is 13.6. The summed E-state index contributed by atoms with van der Waals surface area (Å²) in [5.41, 5.74) is 7.35. The van der Waals surface area contributed by atoms with Crippen LogP contribution in [0.15, 0.2) is 54.6 Å². The smallest absolute Gasteiger partial charge is 0.326 e. The van der Waals surface area contributed by atoms with Crippen LogP contribution in [0.25, 0.3) is 0 Å². The van der Waals surface area contributed by atoms with Crippen molar-refractivity contribution in [3.05, 3.63) is 65.7 Å². The van der Waals surface area contributed by atoms with Crippen molar-refractivity contribution in [2.45, 2.75) is 25.6 Å². The lowest BCUT2D eigenvalue weighted by Crippen LogP contribution is -2.30. The molecule has 0 bridgehead atoms. The molecule has 0 aliphatic rings. The molecule has 3 N–H and O–H groups in total. The number of alkyl halides is 3. The summed E-state index contributed by atoms with van der Waals surface area (Å²) in [4.78, 5) is 12.3. The molecule has 0 saturated heterocycles. The number of benzene rings is 2. The van der Waals surface area contributed by atoms with Crippen molar-refractivity contribution in [3.8, 4) is 0 Å². The quantitative estimate of drug-likeness (QED) is 0.812. The van der Waals surface area contributed by atoms with Gasteiger partial charge in [0.25, 0.3) is 0 Å². The Bertz CT molecular complexity index is 692. The number of anilines is 1. The lowest BCUT2D eigenvalue weighted by Gasteiger charge is -2.20. The second kappa shape index (κ2) is 8.87. The Morgan fingerprint density at radius 2 is 1.76 bits per heavy atom. The van der Waals surface area contributed by atoms with E-state index in [4.69, 9.17) is 5.73 Å². The third-order valence-electron chi connectivity index (χ3n) is 3.74. The number of nitrogens with two attached hydrogens (primary N) is 1. The third kappa shape index (κ3) is 6.40. The number of hydrogen-bond acceptors (Lipinski definition) is 2. The number of halogens is 4. The van der Waals surface area contributed by atoms with Crippen molar-refractivity contribution in [2.75, 3.05) is 5.32 Å². The summed E-state index contributed by atoms with van der Waals surface area (Å²) in [5.74, 6) is -0.866.